The summed E-state index contributed by atoms with van der Waals surface area (Å²) in [6.07, 6.45) is 0.611. The summed E-state index contributed by atoms with van der Waals surface area (Å²) < 4.78 is 19.0. The van der Waals surface area contributed by atoms with Crippen LogP contribution >= 0.6 is 11.6 Å². The van der Waals surface area contributed by atoms with Crippen molar-refractivity contribution in [3.05, 3.63) is 64.4 Å². The van der Waals surface area contributed by atoms with Crippen molar-refractivity contribution >= 4 is 11.6 Å². The van der Waals surface area contributed by atoms with Crippen molar-refractivity contribution in [2.75, 3.05) is 6.61 Å². The number of rotatable bonds is 5. The maximum atomic E-state index is 13.5. The van der Waals surface area contributed by atoms with Gasteiger partial charge in [-0.2, -0.15) is 0 Å². The Balaban J connectivity index is 2.02. The molecule has 0 fully saturated rings. The van der Waals surface area contributed by atoms with E-state index in [0.29, 0.717) is 22.8 Å². The summed E-state index contributed by atoms with van der Waals surface area (Å²) in [6.45, 7) is 0.204. The summed E-state index contributed by atoms with van der Waals surface area (Å²) in [5.41, 5.74) is 1.38. The van der Waals surface area contributed by atoms with Crippen LogP contribution in [0.3, 0.4) is 0 Å². The molecular formula is C15H14ClFO2. The van der Waals surface area contributed by atoms with E-state index in [-0.39, 0.29) is 19.0 Å². The summed E-state index contributed by atoms with van der Waals surface area (Å²) in [6, 6.07) is 11.9. The van der Waals surface area contributed by atoms with Gasteiger partial charge in [-0.05, 0) is 36.2 Å². The highest BCUT2D eigenvalue weighted by atomic mass is 35.5. The number of benzene rings is 2. The first kappa shape index (κ1) is 13.8. The molecule has 2 nitrogen and oxygen atoms in total. The quantitative estimate of drug-likeness (QED) is 0.907. The highest BCUT2D eigenvalue weighted by molar-refractivity contribution is 6.31. The molecule has 0 amide bonds. The fraction of sp³-hybridized carbons (Fsp3) is 0.200. The average Bonchev–Trinajstić information content (AvgIpc) is 2.40. The summed E-state index contributed by atoms with van der Waals surface area (Å²) in [5.74, 6) is 0.269. The third-order valence-electron chi connectivity index (χ3n) is 2.77. The van der Waals surface area contributed by atoms with Crippen LogP contribution in [-0.2, 0) is 13.0 Å². The van der Waals surface area contributed by atoms with Gasteiger partial charge in [0.1, 0.15) is 18.2 Å². The first-order valence-corrected chi connectivity index (χ1v) is 6.34. The molecule has 100 valence electrons. The van der Waals surface area contributed by atoms with Gasteiger partial charge in [0.05, 0.1) is 5.02 Å². The minimum atomic E-state index is -0.371. The predicted octanol–water partition coefficient (Wildman–Crippen LogP) is 3.59. The molecule has 2 rings (SSSR count). The number of aliphatic hydroxyl groups excluding tert-OH is 1. The zero-order valence-electron chi connectivity index (χ0n) is 10.3. The van der Waals surface area contributed by atoms with Gasteiger partial charge in [-0.15, -0.1) is 0 Å². The smallest absolute Gasteiger partial charge is 0.131 e. The van der Waals surface area contributed by atoms with Crippen LogP contribution < -0.4 is 4.74 Å². The van der Waals surface area contributed by atoms with Crippen molar-refractivity contribution in [3.8, 4) is 5.75 Å². The van der Waals surface area contributed by atoms with Gasteiger partial charge in [0.2, 0.25) is 0 Å². The molecule has 0 saturated carbocycles. The Morgan fingerprint density at radius 1 is 1.11 bits per heavy atom. The lowest BCUT2D eigenvalue weighted by molar-refractivity contribution is 0.296. The molecule has 1 N–H and O–H groups in total. The Bertz CT molecular complexity index is 520. The minimum Gasteiger partial charge on any atom is -0.489 e. The van der Waals surface area contributed by atoms with Crippen LogP contribution in [0.5, 0.6) is 5.75 Å². The Kier molecular flexibility index (Phi) is 4.77. The molecule has 0 spiro atoms. The summed E-state index contributed by atoms with van der Waals surface area (Å²) in [4.78, 5) is 0. The largest absolute Gasteiger partial charge is 0.489 e. The molecule has 2 aromatic rings. The van der Waals surface area contributed by atoms with E-state index in [4.69, 9.17) is 21.4 Å². The van der Waals surface area contributed by atoms with Gasteiger partial charge in [-0.3, -0.25) is 0 Å². The number of ether oxygens (including phenoxy) is 1. The lowest BCUT2D eigenvalue weighted by Gasteiger charge is -2.09. The Hall–Kier alpha value is -1.58. The number of hydrogen-bond donors (Lipinski definition) is 1. The predicted molar refractivity (Wildman–Crippen MR) is 73.0 cm³/mol. The molecule has 0 radical (unpaired) electrons. The molecule has 0 bridgehead atoms. The minimum absolute atomic E-state index is 0.0881. The van der Waals surface area contributed by atoms with Gasteiger partial charge >= 0.3 is 0 Å². The normalized spacial score (nSPS) is 10.5. The van der Waals surface area contributed by atoms with E-state index in [9.17, 15) is 4.39 Å². The molecule has 0 aliphatic rings. The Morgan fingerprint density at radius 3 is 2.47 bits per heavy atom. The monoisotopic (exact) mass is 280 g/mol. The van der Waals surface area contributed by atoms with Gasteiger partial charge in [-0.25, -0.2) is 4.39 Å². The first-order chi connectivity index (χ1) is 9.20. The fourth-order valence-electron chi connectivity index (χ4n) is 1.71. The van der Waals surface area contributed by atoms with E-state index >= 15 is 0 Å². The van der Waals surface area contributed by atoms with Gasteiger partial charge in [-0.1, -0.05) is 29.8 Å². The Morgan fingerprint density at radius 2 is 1.84 bits per heavy atom. The molecule has 2 aromatic carbocycles. The molecule has 19 heavy (non-hydrogen) atoms. The third kappa shape index (κ3) is 3.69. The second-order valence-corrected chi connectivity index (χ2v) is 4.51. The van der Waals surface area contributed by atoms with Crippen LogP contribution in [-0.4, -0.2) is 11.7 Å². The average molecular weight is 281 g/mol. The van der Waals surface area contributed by atoms with Crippen molar-refractivity contribution in [3.63, 3.8) is 0 Å². The molecule has 0 aliphatic heterocycles. The van der Waals surface area contributed by atoms with Crippen LogP contribution in [0.15, 0.2) is 42.5 Å². The van der Waals surface area contributed by atoms with Crippen LogP contribution in [0.1, 0.15) is 11.1 Å². The lowest BCUT2D eigenvalue weighted by atomic mass is 10.1. The van der Waals surface area contributed by atoms with E-state index in [1.54, 1.807) is 24.3 Å². The van der Waals surface area contributed by atoms with Crippen molar-refractivity contribution in [2.45, 2.75) is 13.0 Å². The molecule has 4 heteroatoms. The fourth-order valence-corrected chi connectivity index (χ4v) is 1.92. The van der Waals surface area contributed by atoms with Crippen LogP contribution in [0.25, 0.3) is 0 Å². The molecular weight excluding hydrogens is 267 g/mol. The maximum Gasteiger partial charge on any atom is 0.131 e. The second kappa shape index (κ2) is 6.55. The maximum absolute atomic E-state index is 13.5. The van der Waals surface area contributed by atoms with Crippen molar-refractivity contribution in [1.29, 1.82) is 0 Å². The highest BCUT2D eigenvalue weighted by Gasteiger charge is 2.07. The van der Waals surface area contributed by atoms with Crippen LogP contribution in [0.2, 0.25) is 5.02 Å². The van der Waals surface area contributed by atoms with E-state index in [1.807, 2.05) is 12.1 Å². The van der Waals surface area contributed by atoms with Crippen molar-refractivity contribution in [2.24, 2.45) is 0 Å². The van der Waals surface area contributed by atoms with Crippen LogP contribution in [0.4, 0.5) is 4.39 Å². The third-order valence-corrected chi connectivity index (χ3v) is 3.12. The molecule has 0 aliphatic carbocycles. The van der Waals surface area contributed by atoms with E-state index in [2.05, 4.69) is 0 Å². The van der Waals surface area contributed by atoms with Gasteiger partial charge in [0.15, 0.2) is 0 Å². The van der Waals surface area contributed by atoms with Crippen molar-refractivity contribution < 1.29 is 14.2 Å². The Labute approximate surface area is 116 Å². The van der Waals surface area contributed by atoms with Gasteiger partial charge in [0, 0.05) is 12.2 Å². The summed E-state index contributed by atoms with van der Waals surface area (Å²) >= 11 is 5.91. The number of aliphatic hydroxyl groups is 1. The van der Waals surface area contributed by atoms with Crippen LogP contribution in [0, 0.1) is 5.82 Å². The van der Waals surface area contributed by atoms with E-state index in [1.165, 1.54) is 6.07 Å². The van der Waals surface area contributed by atoms with Gasteiger partial charge < -0.3 is 9.84 Å². The molecule has 0 atom stereocenters. The molecule has 0 aromatic heterocycles. The zero-order valence-corrected chi connectivity index (χ0v) is 11.0. The van der Waals surface area contributed by atoms with Crippen molar-refractivity contribution in [1.82, 2.24) is 0 Å². The van der Waals surface area contributed by atoms with E-state index < -0.39 is 0 Å². The summed E-state index contributed by atoms with van der Waals surface area (Å²) in [5, 5.41) is 9.17. The van der Waals surface area contributed by atoms with E-state index in [0.717, 1.165) is 5.56 Å². The second-order valence-electron chi connectivity index (χ2n) is 4.11. The molecule has 0 saturated heterocycles. The molecule has 0 unspecified atom stereocenters. The highest BCUT2D eigenvalue weighted by Crippen LogP contribution is 2.21. The SMILES string of the molecule is OCCc1ccc(OCc2c(F)cccc2Cl)cc1. The lowest BCUT2D eigenvalue weighted by Crippen LogP contribution is -1.99. The zero-order chi connectivity index (χ0) is 13.7. The standard InChI is InChI=1S/C15H14ClFO2/c16-14-2-1-3-15(17)13(14)10-19-12-6-4-11(5-7-12)8-9-18/h1-7,18H,8-10H2. The number of hydrogen-bond acceptors (Lipinski definition) is 2. The molecule has 0 heterocycles. The topological polar surface area (TPSA) is 29.5 Å². The summed E-state index contributed by atoms with van der Waals surface area (Å²) in [7, 11) is 0. The first-order valence-electron chi connectivity index (χ1n) is 5.96. The number of halogens is 2. The van der Waals surface area contributed by atoms with Gasteiger partial charge in [0.25, 0.3) is 0 Å².